The third kappa shape index (κ3) is 3.85. The lowest BCUT2D eigenvalue weighted by Gasteiger charge is -2.32. The van der Waals surface area contributed by atoms with Crippen LogP contribution in [0.15, 0.2) is 0 Å². The SMILES string of the molecule is FC(F)(F)C1CCCC(CCC2CCCO2)N1. The van der Waals surface area contributed by atoms with Gasteiger partial charge in [0.1, 0.15) is 6.04 Å². The summed E-state index contributed by atoms with van der Waals surface area (Å²) in [7, 11) is 0. The molecule has 0 aromatic carbocycles. The van der Waals surface area contributed by atoms with Crippen molar-refractivity contribution in [3.05, 3.63) is 0 Å². The Labute approximate surface area is 99.9 Å². The number of alkyl halides is 3. The van der Waals surface area contributed by atoms with E-state index in [1.807, 2.05) is 0 Å². The normalized spacial score (nSPS) is 35.1. The predicted octanol–water partition coefficient (Wildman–Crippen LogP) is 3.02. The molecule has 2 rings (SSSR count). The molecule has 3 atom stereocenters. The third-order valence-corrected chi connectivity index (χ3v) is 3.74. The van der Waals surface area contributed by atoms with Crippen LogP contribution in [0.3, 0.4) is 0 Å². The zero-order chi connectivity index (χ0) is 12.3. The van der Waals surface area contributed by atoms with E-state index < -0.39 is 12.2 Å². The Balaban J connectivity index is 1.73. The molecule has 0 bridgehead atoms. The molecule has 2 saturated heterocycles. The van der Waals surface area contributed by atoms with Gasteiger partial charge in [-0.2, -0.15) is 13.2 Å². The molecule has 0 radical (unpaired) electrons. The lowest BCUT2D eigenvalue weighted by Crippen LogP contribution is -2.50. The first kappa shape index (κ1) is 13.1. The van der Waals surface area contributed by atoms with Crippen LogP contribution in [0.2, 0.25) is 0 Å². The summed E-state index contributed by atoms with van der Waals surface area (Å²) in [5, 5.41) is 2.74. The van der Waals surface area contributed by atoms with Gasteiger partial charge in [-0.3, -0.25) is 0 Å². The van der Waals surface area contributed by atoms with Gasteiger partial charge in [-0.1, -0.05) is 6.42 Å². The highest BCUT2D eigenvalue weighted by Crippen LogP contribution is 2.29. The highest BCUT2D eigenvalue weighted by Gasteiger charge is 2.41. The topological polar surface area (TPSA) is 21.3 Å². The number of rotatable bonds is 3. The molecule has 2 aliphatic heterocycles. The molecular weight excluding hydrogens is 231 g/mol. The van der Waals surface area contributed by atoms with E-state index in [0.29, 0.717) is 6.42 Å². The summed E-state index contributed by atoms with van der Waals surface area (Å²) in [6, 6.07) is -1.29. The first-order chi connectivity index (χ1) is 8.05. The molecular formula is C12H20F3NO. The molecule has 0 aliphatic carbocycles. The number of hydrogen-bond donors (Lipinski definition) is 1. The van der Waals surface area contributed by atoms with Gasteiger partial charge in [-0.25, -0.2) is 0 Å². The van der Waals surface area contributed by atoms with E-state index in [1.165, 1.54) is 0 Å². The minimum atomic E-state index is -4.09. The van der Waals surface area contributed by atoms with Crippen molar-refractivity contribution in [2.24, 2.45) is 0 Å². The number of hydrogen-bond acceptors (Lipinski definition) is 2. The van der Waals surface area contributed by atoms with Crippen LogP contribution >= 0.6 is 0 Å². The third-order valence-electron chi connectivity index (χ3n) is 3.74. The maximum Gasteiger partial charge on any atom is 0.403 e. The Hall–Kier alpha value is -0.290. The fourth-order valence-electron chi connectivity index (χ4n) is 2.76. The van der Waals surface area contributed by atoms with Gasteiger partial charge in [0.2, 0.25) is 0 Å². The zero-order valence-electron chi connectivity index (χ0n) is 9.93. The average Bonchev–Trinajstić information content (AvgIpc) is 2.78. The first-order valence-electron chi connectivity index (χ1n) is 6.50. The van der Waals surface area contributed by atoms with E-state index in [1.54, 1.807) is 0 Å². The summed E-state index contributed by atoms with van der Waals surface area (Å²) < 4.78 is 43.2. The summed E-state index contributed by atoms with van der Waals surface area (Å²) >= 11 is 0. The molecule has 2 fully saturated rings. The van der Waals surface area contributed by atoms with Gasteiger partial charge in [0.25, 0.3) is 0 Å². The maximum absolute atomic E-state index is 12.6. The monoisotopic (exact) mass is 251 g/mol. The standard InChI is InChI=1S/C12H20F3NO/c13-12(14,15)11-5-1-3-9(16-11)6-7-10-4-2-8-17-10/h9-11,16H,1-8H2. The Morgan fingerprint density at radius 1 is 1.06 bits per heavy atom. The average molecular weight is 251 g/mol. The molecule has 2 aliphatic rings. The van der Waals surface area contributed by atoms with Crippen molar-refractivity contribution >= 4 is 0 Å². The molecule has 2 nitrogen and oxygen atoms in total. The van der Waals surface area contributed by atoms with Crippen LogP contribution in [0, 0.1) is 0 Å². The summed E-state index contributed by atoms with van der Waals surface area (Å²) in [6.07, 6.45) is 1.79. The van der Waals surface area contributed by atoms with E-state index in [9.17, 15) is 13.2 Å². The van der Waals surface area contributed by atoms with Crippen LogP contribution in [-0.2, 0) is 4.74 Å². The Morgan fingerprint density at radius 3 is 2.53 bits per heavy atom. The first-order valence-corrected chi connectivity index (χ1v) is 6.50. The van der Waals surface area contributed by atoms with Crippen molar-refractivity contribution < 1.29 is 17.9 Å². The van der Waals surface area contributed by atoms with Crippen LogP contribution < -0.4 is 5.32 Å². The largest absolute Gasteiger partial charge is 0.403 e. The molecule has 0 aromatic rings. The van der Waals surface area contributed by atoms with E-state index in [4.69, 9.17) is 4.74 Å². The van der Waals surface area contributed by atoms with E-state index in [0.717, 1.165) is 38.7 Å². The summed E-state index contributed by atoms with van der Waals surface area (Å²) in [5.74, 6) is 0. The molecule has 0 saturated carbocycles. The van der Waals surface area contributed by atoms with E-state index in [-0.39, 0.29) is 18.6 Å². The number of nitrogens with one attached hydrogen (secondary N) is 1. The van der Waals surface area contributed by atoms with Crippen LogP contribution in [0.25, 0.3) is 0 Å². The summed E-state index contributed by atoms with van der Waals surface area (Å²) in [4.78, 5) is 0. The summed E-state index contributed by atoms with van der Waals surface area (Å²) in [5.41, 5.74) is 0. The maximum atomic E-state index is 12.6. The van der Waals surface area contributed by atoms with E-state index >= 15 is 0 Å². The molecule has 0 spiro atoms. The van der Waals surface area contributed by atoms with Crippen molar-refractivity contribution in [3.63, 3.8) is 0 Å². The molecule has 2 heterocycles. The molecule has 5 heteroatoms. The van der Waals surface area contributed by atoms with Crippen LogP contribution in [0.1, 0.15) is 44.9 Å². The smallest absolute Gasteiger partial charge is 0.378 e. The fraction of sp³-hybridized carbons (Fsp3) is 1.00. The minimum Gasteiger partial charge on any atom is -0.378 e. The highest BCUT2D eigenvalue weighted by atomic mass is 19.4. The van der Waals surface area contributed by atoms with Gasteiger partial charge in [0.05, 0.1) is 6.10 Å². The highest BCUT2D eigenvalue weighted by molar-refractivity contribution is 4.85. The lowest BCUT2D eigenvalue weighted by atomic mass is 9.94. The minimum absolute atomic E-state index is 0.0135. The van der Waals surface area contributed by atoms with Gasteiger partial charge in [0.15, 0.2) is 0 Å². The van der Waals surface area contributed by atoms with Gasteiger partial charge < -0.3 is 10.1 Å². The molecule has 17 heavy (non-hydrogen) atoms. The lowest BCUT2D eigenvalue weighted by molar-refractivity contribution is -0.163. The van der Waals surface area contributed by atoms with Gasteiger partial charge in [-0.15, -0.1) is 0 Å². The quantitative estimate of drug-likeness (QED) is 0.832. The summed E-state index contributed by atoms with van der Waals surface area (Å²) in [6.45, 7) is 0.813. The van der Waals surface area contributed by atoms with Crippen molar-refractivity contribution in [3.8, 4) is 0 Å². The Bertz CT molecular complexity index is 238. The second kappa shape index (κ2) is 5.57. The van der Waals surface area contributed by atoms with Crippen LogP contribution in [-0.4, -0.2) is 31.0 Å². The van der Waals surface area contributed by atoms with Gasteiger partial charge in [-0.05, 0) is 38.5 Å². The van der Waals surface area contributed by atoms with Crippen molar-refractivity contribution in [2.75, 3.05) is 6.61 Å². The molecule has 1 N–H and O–H groups in total. The van der Waals surface area contributed by atoms with Crippen molar-refractivity contribution in [1.29, 1.82) is 0 Å². The molecule has 0 aromatic heterocycles. The fourth-order valence-corrected chi connectivity index (χ4v) is 2.76. The van der Waals surface area contributed by atoms with Gasteiger partial charge >= 0.3 is 6.18 Å². The Morgan fingerprint density at radius 2 is 1.88 bits per heavy atom. The number of ether oxygens (including phenoxy) is 1. The molecule has 100 valence electrons. The second-order valence-electron chi connectivity index (χ2n) is 5.10. The Kier molecular flexibility index (Phi) is 4.31. The van der Waals surface area contributed by atoms with Crippen LogP contribution in [0.4, 0.5) is 13.2 Å². The second-order valence-corrected chi connectivity index (χ2v) is 5.10. The molecule has 3 unspecified atom stereocenters. The van der Waals surface area contributed by atoms with Gasteiger partial charge in [0, 0.05) is 12.6 Å². The molecule has 0 amide bonds. The predicted molar refractivity (Wildman–Crippen MR) is 58.8 cm³/mol. The van der Waals surface area contributed by atoms with E-state index in [2.05, 4.69) is 5.32 Å². The number of halogens is 3. The van der Waals surface area contributed by atoms with Crippen LogP contribution in [0.5, 0.6) is 0 Å². The van der Waals surface area contributed by atoms with Crippen molar-refractivity contribution in [2.45, 2.75) is 69.3 Å². The zero-order valence-corrected chi connectivity index (χ0v) is 9.93. The van der Waals surface area contributed by atoms with Crippen molar-refractivity contribution in [1.82, 2.24) is 5.32 Å². The number of piperidine rings is 1.